The van der Waals surface area contributed by atoms with E-state index in [2.05, 4.69) is 4.72 Å². The average molecular weight is 330 g/mol. The minimum absolute atomic E-state index is 0.0386. The van der Waals surface area contributed by atoms with Gasteiger partial charge in [-0.25, -0.2) is 13.1 Å². The molecule has 0 bridgehead atoms. The molecular weight excluding hydrogens is 312 g/mol. The molecule has 21 heavy (non-hydrogen) atoms. The van der Waals surface area contributed by atoms with Crippen LogP contribution < -0.4 is 4.72 Å². The van der Waals surface area contributed by atoms with Crippen LogP contribution in [0.5, 0.6) is 0 Å². The van der Waals surface area contributed by atoms with Crippen molar-refractivity contribution in [1.82, 2.24) is 9.62 Å². The third kappa shape index (κ3) is 3.13. The van der Waals surface area contributed by atoms with Crippen LogP contribution in [0.3, 0.4) is 0 Å². The second kappa shape index (κ2) is 5.68. The van der Waals surface area contributed by atoms with Gasteiger partial charge in [-0.1, -0.05) is 6.07 Å². The van der Waals surface area contributed by atoms with E-state index in [-0.39, 0.29) is 24.1 Å². The molecule has 2 aliphatic rings. The number of ether oxygens (including phenoxy) is 1. The summed E-state index contributed by atoms with van der Waals surface area (Å²) < 4.78 is 31.3. The third-order valence-electron chi connectivity index (χ3n) is 3.88. The lowest BCUT2D eigenvalue weighted by molar-refractivity contribution is -0.0155. The van der Waals surface area contributed by atoms with Gasteiger partial charge in [0.1, 0.15) is 0 Å². The highest BCUT2D eigenvalue weighted by atomic mass is 32.2. The Kier molecular flexibility index (Phi) is 4.04. The first kappa shape index (κ1) is 15.0. The monoisotopic (exact) mass is 330 g/mol. The number of sulfonamides is 1. The molecule has 3 rings (SSSR count). The van der Waals surface area contributed by atoms with Crippen molar-refractivity contribution in [1.29, 1.82) is 0 Å². The quantitative estimate of drug-likeness (QED) is 0.884. The molecule has 1 aromatic heterocycles. The Hall–Kier alpha value is -0.960. The second-order valence-corrected chi connectivity index (χ2v) is 8.20. The maximum Gasteiger partial charge on any atom is 0.264 e. The first-order chi connectivity index (χ1) is 9.96. The number of carbonyl (C=O) groups excluding carboxylic acids is 1. The number of amides is 1. The first-order valence-electron chi connectivity index (χ1n) is 6.89. The zero-order chi connectivity index (χ0) is 15.0. The molecule has 0 radical (unpaired) electrons. The Bertz CT molecular complexity index is 614. The minimum Gasteiger partial charge on any atom is -0.374 e. The van der Waals surface area contributed by atoms with Crippen LogP contribution >= 0.6 is 11.3 Å². The van der Waals surface area contributed by atoms with Gasteiger partial charge in [-0.15, -0.1) is 11.3 Å². The van der Waals surface area contributed by atoms with Crippen LogP contribution in [-0.2, 0) is 14.8 Å². The van der Waals surface area contributed by atoms with Crippen molar-refractivity contribution in [2.45, 2.75) is 31.0 Å². The van der Waals surface area contributed by atoms with Gasteiger partial charge in [0, 0.05) is 13.2 Å². The van der Waals surface area contributed by atoms with Crippen molar-refractivity contribution in [2.24, 2.45) is 0 Å². The molecule has 1 aromatic rings. The van der Waals surface area contributed by atoms with Gasteiger partial charge in [-0.2, -0.15) is 0 Å². The van der Waals surface area contributed by atoms with Crippen LogP contribution in [-0.4, -0.2) is 56.8 Å². The number of carbonyl (C=O) groups is 1. The van der Waals surface area contributed by atoms with E-state index in [1.807, 2.05) is 11.4 Å². The predicted octanol–water partition coefficient (Wildman–Crippen LogP) is 0.669. The second-order valence-electron chi connectivity index (χ2n) is 5.48. The van der Waals surface area contributed by atoms with Crippen molar-refractivity contribution in [3.63, 3.8) is 0 Å². The standard InChI is InChI=1S/C13H18N2O4S2/c1-21(17,18)14-9-8-15(10-4-2-6-19-12(9)10)13(16)11-5-3-7-20-11/h3,5,7,9-10,12,14H,2,4,6,8H2,1H3/t9-,10-,12-/m1/s1. The van der Waals surface area contributed by atoms with Crippen molar-refractivity contribution >= 4 is 27.3 Å². The largest absolute Gasteiger partial charge is 0.374 e. The van der Waals surface area contributed by atoms with Crippen LogP contribution in [0.15, 0.2) is 17.5 Å². The number of nitrogens with one attached hydrogen (secondary N) is 1. The summed E-state index contributed by atoms with van der Waals surface area (Å²) in [5.74, 6) is -0.0386. The summed E-state index contributed by atoms with van der Waals surface area (Å²) in [6.45, 7) is 0.975. The highest BCUT2D eigenvalue weighted by Crippen LogP contribution is 2.31. The van der Waals surface area contributed by atoms with E-state index >= 15 is 0 Å². The van der Waals surface area contributed by atoms with Crippen molar-refractivity contribution < 1.29 is 17.9 Å². The molecule has 8 heteroatoms. The number of thiophene rings is 1. The molecule has 3 heterocycles. The maximum atomic E-state index is 12.6. The zero-order valence-corrected chi connectivity index (χ0v) is 13.3. The topological polar surface area (TPSA) is 75.7 Å². The first-order valence-corrected chi connectivity index (χ1v) is 9.66. The Morgan fingerprint density at radius 1 is 1.52 bits per heavy atom. The molecule has 0 aliphatic carbocycles. The summed E-state index contributed by atoms with van der Waals surface area (Å²) in [7, 11) is -3.33. The van der Waals surface area contributed by atoms with Crippen molar-refractivity contribution in [3.05, 3.63) is 22.4 Å². The third-order valence-corrected chi connectivity index (χ3v) is 5.47. The summed E-state index contributed by atoms with van der Waals surface area (Å²) in [5.41, 5.74) is 0. The van der Waals surface area contributed by atoms with Gasteiger partial charge < -0.3 is 9.64 Å². The lowest BCUT2D eigenvalue weighted by atomic mass is 10.0. The summed E-state index contributed by atoms with van der Waals surface area (Å²) in [4.78, 5) is 15.0. The number of nitrogens with zero attached hydrogens (tertiary/aromatic N) is 1. The molecule has 1 N–H and O–H groups in total. The van der Waals surface area contributed by atoms with E-state index in [1.165, 1.54) is 11.3 Å². The number of hydrogen-bond acceptors (Lipinski definition) is 5. The van der Waals surface area contributed by atoms with Gasteiger partial charge in [0.15, 0.2) is 0 Å². The van der Waals surface area contributed by atoms with Crippen LogP contribution in [0.4, 0.5) is 0 Å². The van der Waals surface area contributed by atoms with Crippen LogP contribution in [0.2, 0.25) is 0 Å². The van der Waals surface area contributed by atoms with Crippen LogP contribution in [0.25, 0.3) is 0 Å². The van der Waals surface area contributed by atoms with E-state index in [1.54, 1.807) is 11.0 Å². The Morgan fingerprint density at radius 3 is 3.00 bits per heavy atom. The van der Waals surface area contributed by atoms with E-state index in [0.717, 1.165) is 19.1 Å². The molecule has 2 fully saturated rings. The number of likely N-dealkylation sites (tertiary alicyclic amines) is 1. The van der Waals surface area contributed by atoms with E-state index < -0.39 is 10.0 Å². The molecule has 2 saturated heterocycles. The number of rotatable bonds is 3. The number of hydrogen-bond donors (Lipinski definition) is 1. The van der Waals surface area contributed by atoms with Gasteiger partial charge in [-0.3, -0.25) is 4.79 Å². The van der Waals surface area contributed by atoms with Gasteiger partial charge >= 0.3 is 0 Å². The Labute approximate surface area is 128 Å². The van der Waals surface area contributed by atoms with Gasteiger partial charge in [0.2, 0.25) is 10.0 Å². The van der Waals surface area contributed by atoms with Gasteiger partial charge in [0.25, 0.3) is 5.91 Å². The lowest BCUT2D eigenvalue weighted by Crippen LogP contribution is -2.47. The van der Waals surface area contributed by atoms with Gasteiger partial charge in [-0.05, 0) is 24.3 Å². The highest BCUT2D eigenvalue weighted by molar-refractivity contribution is 7.88. The maximum absolute atomic E-state index is 12.6. The van der Waals surface area contributed by atoms with E-state index in [4.69, 9.17) is 4.74 Å². The molecule has 116 valence electrons. The fraction of sp³-hybridized carbons (Fsp3) is 0.615. The summed E-state index contributed by atoms with van der Waals surface area (Å²) >= 11 is 1.40. The molecule has 1 amide bonds. The fourth-order valence-corrected chi connectivity index (χ4v) is 4.55. The smallest absolute Gasteiger partial charge is 0.264 e. The van der Waals surface area contributed by atoms with Crippen LogP contribution in [0, 0.1) is 0 Å². The summed E-state index contributed by atoms with van der Waals surface area (Å²) in [6, 6.07) is 3.22. The Balaban J connectivity index is 1.83. The molecule has 0 saturated carbocycles. The molecule has 2 aliphatic heterocycles. The zero-order valence-electron chi connectivity index (χ0n) is 11.7. The predicted molar refractivity (Wildman–Crippen MR) is 79.9 cm³/mol. The Morgan fingerprint density at radius 2 is 2.33 bits per heavy atom. The fourth-order valence-electron chi connectivity index (χ4n) is 3.11. The molecular formula is C13H18N2O4S2. The van der Waals surface area contributed by atoms with E-state index in [0.29, 0.717) is 18.0 Å². The van der Waals surface area contributed by atoms with Crippen molar-refractivity contribution in [3.8, 4) is 0 Å². The van der Waals surface area contributed by atoms with Crippen LogP contribution in [0.1, 0.15) is 22.5 Å². The van der Waals surface area contributed by atoms with E-state index in [9.17, 15) is 13.2 Å². The molecule has 0 spiro atoms. The van der Waals surface area contributed by atoms with Crippen molar-refractivity contribution in [2.75, 3.05) is 19.4 Å². The molecule has 6 nitrogen and oxygen atoms in total. The normalized spacial score (nSPS) is 29.4. The minimum atomic E-state index is -3.33. The highest BCUT2D eigenvalue weighted by Gasteiger charge is 2.47. The SMILES string of the molecule is CS(=O)(=O)N[C@@H]1CN(C(=O)c2cccs2)[C@@H]2CCCO[C@@H]21. The lowest BCUT2D eigenvalue weighted by Gasteiger charge is -2.32. The number of fused-ring (bicyclic) bond motifs is 1. The molecule has 0 aromatic carbocycles. The summed E-state index contributed by atoms with van der Waals surface area (Å²) in [5, 5.41) is 1.87. The average Bonchev–Trinajstić information content (AvgIpc) is 3.05. The molecule has 0 unspecified atom stereocenters. The van der Waals surface area contributed by atoms with Gasteiger partial charge in [0.05, 0.1) is 29.3 Å². The molecule has 3 atom stereocenters. The summed E-state index contributed by atoms with van der Waals surface area (Å²) in [6.07, 6.45) is 2.62.